The molecule has 12 nitrogen and oxygen atoms in total. The Balaban J connectivity index is 1.26. The number of aromatic nitrogens is 4. The van der Waals surface area contributed by atoms with Gasteiger partial charge in [0.05, 0.1) is 5.56 Å². The van der Waals surface area contributed by atoms with Crippen LogP contribution in [0.25, 0.3) is 22.2 Å². The second kappa shape index (κ2) is 9.49. The zero-order valence-electron chi connectivity index (χ0n) is 19.8. The van der Waals surface area contributed by atoms with Crippen molar-refractivity contribution in [1.29, 1.82) is 0 Å². The smallest absolute Gasteiger partial charge is 0.367 e. The lowest BCUT2D eigenvalue weighted by Crippen LogP contribution is -2.42. The molecule has 4 heterocycles. The van der Waals surface area contributed by atoms with Crippen LogP contribution in [0.5, 0.6) is 0 Å². The van der Waals surface area contributed by atoms with Gasteiger partial charge < -0.3 is 29.9 Å². The van der Waals surface area contributed by atoms with E-state index in [0.29, 0.717) is 49.4 Å². The standard InChI is InChI=1S/C24H24N8O4/c1-14(25)29-36-24(34)18-12-20-23(33)31(9-10-32(20)13-18)8-7-27-22-19-11-17(21-28-15(2)35-30-21)4-3-16(19)5-6-26-22/h3-6,11-13H,7-10H2,1-2H3,(H2,25,29)(H,26,27). The van der Waals surface area contributed by atoms with Crippen molar-refractivity contribution in [3.05, 3.63) is 59.9 Å². The molecule has 0 radical (unpaired) electrons. The van der Waals surface area contributed by atoms with Crippen LogP contribution in [0.2, 0.25) is 0 Å². The van der Waals surface area contributed by atoms with E-state index in [1.54, 1.807) is 28.8 Å². The highest BCUT2D eigenvalue weighted by Crippen LogP contribution is 2.26. The monoisotopic (exact) mass is 488 g/mol. The van der Waals surface area contributed by atoms with Crippen LogP contribution in [0.3, 0.4) is 0 Å². The third-order valence-electron chi connectivity index (χ3n) is 5.75. The molecule has 1 amide bonds. The van der Waals surface area contributed by atoms with E-state index in [1.165, 1.54) is 13.0 Å². The van der Waals surface area contributed by atoms with Crippen molar-refractivity contribution < 1.29 is 18.9 Å². The number of carbonyl (C=O) groups is 2. The average molecular weight is 489 g/mol. The Morgan fingerprint density at radius 1 is 1.28 bits per heavy atom. The fourth-order valence-electron chi connectivity index (χ4n) is 4.03. The Labute approximate surface area is 205 Å². The van der Waals surface area contributed by atoms with E-state index < -0.39 is 5.97 Å². The molecule has 0 bridgehead atoms. The van der Waals surface area contributed by atoms with Gasteiger partial charge in [-0.15, -0.1) is 0 Å². The van der Waals surface area contributed by atoms with Gasteiger partial charge in [0, 0.05) is 56.4 Å². The Morgan fingerprint density at radius 3 is 2.92 bits per heavy atom. The summed E-state index contributed by atoms with van der Waals surface area (Å²) in [5.74, 6) is 1.00. The predicted molar refractivity (Wildman–Crippen MR) is 131 cm³/mol. The lowest BCUT2D eigenvalue weighted by atomic mass is 10.1. The molecular weight excluding hydrogens is 464 g/mol. The van der Waals surface area contributed by atoms with Crippen molar-refractivity contribution in [2.24, 2.45) is 10.9 Å². The molecule has 4 aromatic rings. The summed E-state index contributed by atoms with van der Waals surface area (Å²) in [5, 5.41) is 12.7. The van der Waals surface area contributed by atoms with Crippen LogP contribution >= 0.6 is 0 Å². The van der Waals surface area contributed by atoms with E-state index in [9.17, 15) is 9.59 Å². The molecule has 0 spiro atoms. The van der Waals surface area contributed by atoms with E-state index in [4.69, 9.17) is 15.1 Å². The first-order valence-electron chi connectivity index (χ1n) is 11.3. The maximum Gasteiger partial charge on any atom is 0.367 e. The third-order valence-corrected chi connectivity index (χ3v) is 5.75. The van der Waals surface area contributed by atoms with Crippen molar-refractivity contribution in [2.75, 3.05) is 25.0 Å². The van der Waals surface area contributed by atoms with Crippen molar-refractivity contribution >= 4 is 34.3 Å². The van der Waals surface area contributed by atoms with Gasteiger partial charge in [-0.1, -0.05) is 22.4 Å². The Morgan fingerprint density at radius 2 is 2.14 bits per heavy atom. The van der Waals surface area contributed by atoms with Gasteiger partial charge in [-0.25, -0.2) is 9.78 Å². The van der Waals surface area contributed by atoms with Crippen LogP contribution in [0.4, 0.5) is 5.82 Å². The van der Waals surface area contributed by atoms with Crippen molar-refractivity contribution in [3.63, 3.8) is 0 Å². The molecule has 1 aliphatic heterocycles. The molecule has 3 N–H and O–H groups in total. The number of pyridine rings is 1. The van der Waals surface area contributed by atoms with Crippen molar-refractivity contribution in [2.45, 2.75) is 20.4 Å². The molecule has 5 rings (SSSR count). The Kier molecular flexibility index (Phi) is 6.07. The summed E-state index contributed by atoms with van der Waals surface area (Å²) in [6, 6.07) is 9.32. The molecule has 0 aliphatic carbocycles. The minimum absolute atomic E-state index is 0.129. The number of nitrogens with two attached hydrogens (primary N) is 1. The summed E-state index contributed by atoms with van der Waals surface area (Å²) in [6.07, 6.45) is 3.33. The van der Waals surface area contributed by atoms with Gasteiger partial charge in [0.1, 0.15) is 17.3 Å². The van der Waals surface area contributed by atoms with Crippen molar-refractivity contribution in [1.82, 2.24) is 24.6 Å². The summed E-state index contributed by atoms with van der Waals surface area (Å²) in [6.45, 7) is 5.28. The number of oxime groups is 1. The zero-order valence-corrected chi connectivity index (χ0v) is 19.8. The van der Waals surface area contributed by atoms with Crippen LogP contribution in [-0.2, 0) is 11.4 Å². The second-order valence-corrected chi connectivity index (χ2v) is 8.37. The van der Waals surface area contributed by atoms with E-state index in [2.05, 4.69) is 25.6 Å². The summed E-state index contributed by atoms with van der Waals surface area (Å²) in [4.78, 5) is 40.5. The zero-order chi connectivity index (χ0) is 25.2. The second-order valence-electron chi connectivity index (χ2n) is 8.37. The molecule has 0 unspecified atom stereocenters. The van der Waals surface area contributed by atoms with E-state index in [0.717, 1.165) is 16.3 Å². The lowest BCUT2D eigenvalue weighted by molar-refractivity contribution is 0.0515. The van der Waals surface area contributed by atoms with E-state index in [1.807, 2.05) is 24.3 Å². The van der Waals surface area contributed by atoms with E-state index in [-0.39, 0.29) is 17.3 Å². The molecule has 0 saturated heterocycles. The minimum atomic E-state index is -0.667. The molecule has 184 valence electrons. The molecule has 12 heteroatoms. The summed E-state index contributed by atoms with van der Waals surface area (Å²) in [5.41, 5.74) is 6.89. The summed E-state index contributed by atoms with van der Waals surface area (Å²) < 4.78 is 6.84. The Bertz CT molecular complexity index is 1480. The summed E-state index contributed by atoms with van der Waals surface area (Å²) in [7, 11) is 0. The number of rotatable bonds is 7. The van der Waals surface area contributed by atoms with Gasteiger partial charge in [0.25, 0.3) is 5.91 Å². The van der Waals surface area contributed by atoms with Gasteiger partial charge >= 0.3 is 5.97 Å². The number of nitrogens with one attached hydrogen (secondary N) is 1. The fourth-order valence-corrected chi connectivity index (χ4v) is 4.03. The highest BCUT2D eigenvalue weighted by atomic mass is 16.7. The average Bonchev–Trinajstić information content (AvgIpc) is 3.51. The van der Waals surface area contributed by atoms with Crippen LogP contribution in [0.15, 0.2) is 52.4 Å². The normalized spacial score (nSPS) is 13.7. The van der Waals surface area contributed by atoms with Crippen LogP contribution in [0.1, 0.15) is 33.7 Å². The summed E-state index contributed by atoms with van der Waals surface area (Å²) >= 11 is 0. The van der Waals surface area contributed by atoms with Crippen LogP contribution in [-0.4, -0.2) is 61.9 Å². The number of hydrogen-bond acceptors (Lipinski definition) is 9. The quantitative estimate of drug-likeness (QED) is 0.173. The molecule has 0 fully saturated rings. The van der Waals surface area contributed by atoms with Crippen molar-refractivity contribution in [3.8, 4) is 11.4 Å². The Hall–Kier alpha value is -4.74. The number of fused-ring (bicyclic) bond motifs is 2. The van der Waals surface area contributed by atoms with Gasteiger partial charge in [0.2, 0.25) is 11.7 Å². The number of hydrogen-bond donors (Lipinski definition) is 2. The number of amides is 1. The highest BCUT2D eigenvalue weighted by molar-refractivity contribution is 5.98. The van der Waals surface area contributed by atoms with Gasteiger partial charge in [-0.2, -0.15) is 4.98 Å². The maximum absolute atomic E-state index is 13.0. The maximum atomic E-state index is 13.0. The van der Waals surface area contributed by atoms with Crippen LogP contribution < -0.4 is 11.1 Å². The first-order valence-corrected chi connectivity index (χ1v) is 11.3. The fraction of sp³-hybridized carbons (Fsp3) is 0.250. The van der Waals surface area contributed by atoms with E-state index >= 15 is 0 Å². The predicted octanol–water partition coefficient (Wildman–Crippen LogP) is 2.41. The minimum Gasteiger partial charge on any atom is -0.385 e. The van der Waals surface area contributed by atoms with Gasteiger partial charge in [-0.3, -0.25) is 4.79 Å². The molecule has 1 aliphatic rings. The molecule has 1 aromatic carbocycles. The van der Waals surface area contributed by atoms with Gasteiger partial charge in [-0.05, 0) is 30.5 Å². The topological polar surface area (TPSA) is 154 Å². The first-order chi connectivity index (χ1) is 17.4. The number of anilines is 1. The molecule has 36 heavy (non-hydrogen) atoms. The molecule has 0 saturated carbocycles. The molecular formula is C24H24N8O4. The lowest BCUT2D eigenvalue weighted by Gasteiger charge is -2.28. The molecule has 0 atom stereocenters. The SMILES string of the molecule is CC(N)=NOC(=O)c1cc2n(c1)CCN(CCNc1nccc3ccc(-c4noc(C)n4)cc13)C2=O. The highest BCUT2D eigenvalue weighted by Gasteiger charge is 2.27. The number of aryl methyl sites for hydroxylation is 1. The third kappa shape index (κ3) is 4.60. The van der Waals surface area contributed by atoms with Gasteiger partial charge in [0.15, 0.2) is 0 Å². The number of carbonyl (C=O) groups excluding carboxylic acids is 2. The number of benzene rings is 1. The largest absolute Gasteiger partial charge is 0.385 e. The first kappa shape index (κ1) is 23.0. The number of amidine groups is 1. The van der Waals surface area contributed by atoms with Crippen LogP contribution in [0, 0.1) is 6.92 Å². The number of nitrogens with zero attached hydrogens (tertiary/aromatic N) is 6. The molecule has 3 aromatic heterocycles.